The summed E-state index contributed by atoms with van der Waals surface area (Å²) in [4.78, 5) is 28.7. The van der Waals surface area contributed by atoms with Gasteiger partial charge in [0.25, 0.3) is 0 Å². The number of unbranched alkanes of at least 4 members (excludes halogenated alkanes) is 1. The van der Waals surface area contributed by atoms with Crippen molar-refractivity contribution in [2.24, 2.45) is 0 Å². The molecule has 0 spiro atoms. The van der Waals surface area contributed by atoms with Gasteiger partial charge in [-0.3, -0.25) is 0 Å². The van der Waals surface area contributed by atoms with Crippen LogP contribution in [0.25, 0.3) is 17.2 Å². The lowest BCUT2D eigenvalue weighted by Crippen LogP contribution is -2.07. The second-order valence-electron chi connectivity index (χ2n) is 10.1. The van der Waals surface area contributed by atoms with Crippen LogP contribution in [0.3, 0.4) is 0 Å². The van der Waals surface area contributed by atoms with Gasteiger partial charge >= 0.3 is 11.9 Å². The maximum Gasteiger partial charge on any atom is 0.336 e. The molecule has 0 saturated carbocycles. The zero-order valence-corrected chi connectivity index (χ0v) is 25.0. The molecule has 0 atom stereocenters. The molecular formula is C33H32N2O10. The van der Waals surface area contributed by atoms with Crippen molar-refractivity contribution in [2.45, 2.75) is 39.2 Å². The Labute approximate surface area is 258 Å². The van der Waals surface area contributed by atoms with E-state index in [-0.39, 0.29) is 42.5 Å². The van der Waals surface area contributed by atoms with Gasteiger partial charge in [0.2, 0.25) is 12.7 Å². The van der Waals surface area contributed by atoms with Gasteiger partial charge in [0.15, 0.2) is 11.5 Å². The molecule has 0 radical (unpaired) electrons. The van der Waals surface area contributed by atoms with Crippen LogP contribution in [0.2, 0.25) is 0 Å². The van der Waals surface area contributed by atoms with Gasteiger partial charge in [0, 0.05) is 53.4 Å². The van der Waals surface area contributed by atoms with Gasteiger partial charge in [0.05, 0.1) is 25.3 Å². The molecule has 0 unspecified atom stereocenters. The van der Waals surface area contributed by atoms with Crippen LogP contribution in [0.4, 0.5) is 0 Å². The number of carboxylic acid groups (broad SMARTS) is 2. The third-order valence-corrected chi connectivity index (χ3v) is 7.24. The van der Waals surface area contributed by atoms with Gasteiger partial charge in [-0.15, -0.1) is 0 Å². The number of hydrogen-bond acceptors (Lipinski definition) is 10. The van der Waals surface area contributed by atoms with E-state index in [9.17, 15) is 19.8 Å². The van der Waals surface area contributed by atoms with Gasteiger partial charge in [-0.2, -0.15) is 0 Å². The van der Waals surface area contributed by atoms with E-state index in [0.717, 1.165) is 12.8 Å². The highest BCUT2D eigenvalue weighted by Crippen LogP contribution is 2.41. The van der Waals surface area contributed by atoms with Crippen molar-refractivity contribution in [2.75, 3.05) is 21.0 Å². The number of fused-ring (bicyclic) bond motifs is 1. The van der Waals surface area contributed by atoms with E-state index in [4.69, 9.17) is 28.2 Å². The lowest BCUT2D eigenvalue weighted by atomic mass is 9.97. The zero-order chi connectivity index (χ0) is 31.9. The third kappa shape index (κ3) is 6.85. The molecule has 2 aromatic heterocycles. The number of carboxylic acids is 2. The average molecular weight is 617 g/mol. The number of methoxy groups -OCH3 is 2. The molecule has 0 bridgehead atoms. The SMILES string of the molecule is CCCCc1onc(/C=C(/Cc2cc3c(cc2OC)OCO3)C(=O)O)c1-c1cnc(OC)cc1OCc1ccccc1C(=O)O. The van der Waals surface area contributed by atoms with Crippen LogP contribution >= 0.6 is 0 Å². The second kappa shape index (κ2) is 13.8. The number of aromatic carboxylic acids is 1. The van der Waals surface area contributed by atoms with Crippen molar-refractivity contribution in [3.63, 3.8) is 0 Å². The molecule has 45 heavy (non-hydrogen) atoms. The first-order valence-corrected chi connectivity index (χ1v) is 14.2. The lowest BCUT2D eigenvalue weighted by Gasteiger charge is -2.14. The summed E-state index contributed by atoms with van der Waals surface area (Å²) in [7, 11) is 2.96. The van der Waals surface area contributed by atoms with E-state index in [0.29, 0.717) is 57.4 Å². The van der Waals surface area contributed by atoms with E-state index in [1.807, 2.05) is 6.92 Å². The third-order valence-electron chi connectivity index (χ3n) is 7.24. The van der Waals surface area contributed by atoms with E-state index >= 15 is 0 Å². The molecular weight excluding hydrogens is 584 g/mol. The molecule has 0 aliphatic carbocycles. The minimum Gasteiger partial charge on any atom is -0.496 e. The van der Waals surface area contributed by atoms with Gasteiger partial charge in [-0.05, 0) is 24.6 Å². The summed E-state index contributed by atoms with van der Waals surface area (Å²) < 4.78 is 33.7. The first-order chi connectivity index (χ1) is 21.8. The van der Waals surface area contributed by atoms with Crippen molar-refractivity contribution < 1.29 is 48.0 Å². The largest absolute Gasteiger partial charge is 0.496 e. The smallest absolute Gasteiger partial charge is 0.336 e. The monoisotopic (exact) mass is 616 g/mol. The summed E-state index contributed by atoms with van der Waals surface area (Å²) in [6.07, 6.45) is 5.18. The lowest BCUT2D eigenvalue weighted by molar-refractivity contribution is -0.132. The fourth-order valence-corrected chi connectivity index (χ4v) is 4.93. The maximum atomic E-state index is 12.5. The highest BCUT2D eigenvalue weighted by molar-refractivity contribution is 5.94. The molecule has 2 aromatic carbocycles. The van der Waals surface area contributed by atoms with Gasteiger partial charge < -0.3 is 38.4 Å². The Balaban J connectivity index is 1.58. The Hall–Kier alpha value is -5.52. The summed E-state index contributed by atoms with van der Waals surface area (Å²) in [5.74, 6) is 0.348. The summed E-state index contributed by atoms with van der Waals surface area (Å²) in [6.45, 7) is 2.05. The maximum absolute atomic E-state index is 12.5. The number of nitrogens with zero attached hydrogens (tertiary/aromatic N) is 2. The molecule has 2 N–H and O–H groups in total. The van der Waals surface area contributed by atoms with Crippen LogP contribution < -0.4 is 23.7 Å². The first kappa shape index (κ1) is 30.9. The molecule has 0 saturated heterocycles. The van der Waals surface area contributed by atoms with Crippen molar-refractivity contribution in [1.82, 2.24) is 10.1 Å². The van der Waals surface area contributed by atoms with E-state index < -0.39 is 11.9 Å². The average Bonchev–Trinajstić information content (AvgIpc) is 3.68. The molecule has 4 aromatic rings. The number of aryl methyl sites for hydroxylation is 1. The second-order valence-corrected chi connectivity index (χ2v) is 10.1. The fourth-order valence-electron chi connectivity index (χ4n) is 4.93. The van der Waals surface area contributed by atoms with Crippen molar-refractivity contribution in [3.8, 4) is 40.0 Å². The molecule has 0 amide bonds. The van der Waals surface area contributed by atoms with Crippen molar-refractivity contribution in [1.29, 1.82) is 0 Å². The number of aromatic nitrogens is 2. The predicted molar refractivity (Wildman–Crippen MR) is 161 cm³/mol. The molecule has 5 rings (SSSR count). The number of hydrogen-bond donors (Lipinski definition) is 2. The number of carbonyl (C=O) groups is 2. The Bertz CT molecular complexity index is 1740. The van der Waals surface area contributed by atoms with E-state index in [1.54, 1.807) is 36.4 Å². The molecule has 3 heterocycles. The van der Waals surface area contributed by atoms with Gasteiger partial charge in [0.1, 0.15) is 29.6 Å². The minimum absolute atomic E-state index is 0.0120. The van der Waals surface area contributed by atoms with Crippen LogP contribution in [-0.4, -0.2) is 53.3 Å². The van der Waals surface area contributed by atoms with Crippen LogP contribution in [-0.2, 0) is 24.2 Å². The number of pyridine rings is 1. The molecule has 12 heteroatoms. The summed E-state index contributed by atoms with van der Waals surface area (Å²) >= 11 is 0. The quantitative estimate of drug-likeness (QED) is 0.164. The number of ether oxygens (including phenoxy) is 5. The summed E-state index contributed by atoms with van der Waals surface area (Å²) in [5.41, 5.74) is 2.43. The Morgan fingerprint density at radius 1 is 1.00 bits per heavy atom. The van der Waals surface area contributed by atoms with Crippen molar-refractivity contribution >= 4 is 18.0 Å². The Morgan fingerprint density at radius 3 is 2.49 bits per heavy atom. The van der Waals surface area contributed by atoms with Gasteiger partial charge in [-0.25, -0.2) is 14.6 Å². The van der Waals surface area contributed by atoms with Crippen LogP contribution in [0, 0.1) is 0 Å². The van der Waals surface area contributed by atoms with E-state index in [1.165, 1.54) is 32.6 Å². The first-order valence-electron chi connectivity index (χ1n) is 14.2. The molecule has 1 aliphatic heterocycles. The number of aliphatic carboxylic acids is 1. The Kier molecular flexibility index (Phi) is 9.51. The highest BCUT2D eigenvalue weighted by atomic mass is 16.7. The van der Waals surface area contributed by atoms with Crippen LogP contribution in [0.15, 0.2) is 58.8 Å². The molecule has 1 aliphatic rings. The standard InChI is InChI=1S/C33H32N2O10/c1-4-5-10-25-31(23-16-34-30(41-3)15-27(23)42-17-19-8-6-7-9-22(19)33(38)39)24(35-45-25)12-21(32(36)37)11-20-13-28-29(44-18-43-28)14-26(20)40-2/h6-9,12-16H,4-5,10-11,17-18H2,1-3H3,(H,36,37)(H,38,39)/b21-12-. The predicted octanol–water partition coefficient (Wildman–Crippen LogP) is 5.81. The molecule has 0 fully saturated rings. The summed E-state index contributed by atoms with van der Waals surface area (Å²) in [6, 6.07) is 11.5. The fraction of sp³-hybridized carbons (Fsp3) is 0.273. The normalized spacial score (nSPS) is 12.2. The van der Waals surface area contributed by atoms with E-state index in [2.05, 4.69) is 10.1 Å². The summed E-state index contributed by atoms with van der Waals surface area (Å²) in [5, 5.41) is 24.1. The highest BCUT2D eigenvalue weighted by Gasteiger charge is 2.25. The number of rotatable bonds is 14. The topological polar surface area (TPSA) is 160 Å². The number of benzene rings is 2. The zero-order valence-electron chi connectivity index (χ0n) is 25.0. The molecule has 12 nitrogen and oxygen atoms in total. The van der Waals surface area contributed by atoms with Gasteiger partial charge in [-0.1, -0.05) is 36.7 Å². The van der Waals surface area contributed by atoms with Crippen molar-refractivity contribution in [3.05, 3.63) is 82.4 Å². The molecule has 234 valence electrons. The Morgan fingerprint density at radius 2 is 1.78 bits per heavy atom. The van der Waals surface area contributed by atoms with Crippen LogP contribution in [0.5, 0.6) is 28.9 Å². The minimum atomic E-state index is -1.16. The van der Waals surface area contributed by atoms with Crippen LogP contribution in [0.1, 0.15) is 52.7 Å².